The van der Waals surface area contributed by atoms with E-state index < -0.39 is 23.4 Å². The predicted octanol–water partition coefficient (Wildman–Crippen LogP) is 1.96. The van der Waals surface area contributed by atoms with Crippen molar-refractivity contribution in [3.63, 3.8) is 0 Å². The molecule has 0 fully saturated rings. The van der Waals surface area contributed by atoms with Crippen LogP contribution in [0, 0.1) is 0 Å². The molecule has 9 heteroatoms. The van der Waals surface area contributed by atoms with Crippen LogP contribution in [0.3, 0.4) is 0 Å². The normalized spacial score (nSPS) is 11.2. The molecule has 0 unspecified atom stereocenters. The van der Waals surface area contributed by atoms with Crippen LogP contribution in [-0.4, -0.2) is 28.6 Å². The summed E-state index contributed by atoms with van der Waals surface area (Å²) in [5.74, 6) is -1.61. The molecule has 1 aromatic heterocycles. The molecule has 7 N–H and O–H groups in total. The van der Waals surface area contributed by atoms with Gasteiger partial charge in [0.05, 0.1) is 5.56 Å². The minimum atomic E-state index is -1.06. The number of primary amides is 2. The SMILES string of the molecule is CC(C)(NCc1cccc(-c2cc(C(N)=O)c(NC(N)=O)s2)c1)C(=O)O. The molecule has 0 aliphatic carbocycles. The van der Waals surface area contributed by atoms with E-state index in [0.29, 0.717) is 6.54 Å². The van der Waals surface area contributed by atoms with E-state index in [1.54, 1.807) is 19.9 Å². The smallest absolute Gasteiger partial charge is 0.323 e. The number of thiophene rings is 1. The van der Waals surface area contributed by atoms with Gasteiger partial charge in [-0.1, -0.05) is 18.2 Å². The van der Waals surface area contributed by atoms with Crippen molar-refractivity contribution >= 4 is 34.2 Å². The Kier molecular flexibility index (Phi) is 5.63. The van der Waals surface area contributed by atoms with Gasteiger partial charge in [0, 0.05) is 11.4 Å². The quantitative estimate of drug-likeness (QED) is 0.501. The van der Waals surface area contributed by atoms with Crippen molar-refractivity contribution in [1.82, 2.24) is 5.32 Å². The fourth-order valence-corrected chi connectivity index (χ4v) is 3.22. The topological polar surface area (TPSA) is 148 Å². The van der Waals surface area contributed by atoms with Gasteiger partial charge in [0.1, 0.15) is 10.5 Å². The van der Waals surface area contributed by atoms with Crippen LogP contribution in [0.5, 0.6) is 0 Å². The number of urea groups is 1. The van der Waals surface area contributed by atoms with E-state index >= 15 is 0 Å². The number of anilines is 1. The number of carbonyl (C=O) groups is 3. The second kappa shape index (κ2) is 7.54. The molecule has 2 aromatic rings. The number of nitrogens with two attached hydrogens (primary N) is 2. The van der Waals surface area contributed by atoms with Gasteiger partial charge in [-0.3, -0.25) is 20.2 Å². The first kappa shape index (κ1) is 19.4. The molecule has 26 heavy (non-hydrogen) atoms. The number of carbonyl (C=O) groups excluding carboxylic acids is 2. The van der Waals surface area contributed by atoms with Crippen LogP contribution in [0.25, 0.3) is 10.4 Å². The van der Waals surface area contributed by atoms with E-state index in [-0.39, 0.29) is 10.6 Å². The largest absolute Gasteiger partial charge is 0.480 e. The van der Waals surface area contributed by atoms with Crippen molar-refractivity contribution in [2.75, 3.05) is 5.32 Å². The zero-order valence-electron chi connectivity index (χ0n) is 14.3. The van der Waals surface area contributed by atoms with Gasteiger partial charge in [-0.2, -0.15) is 0 Å². The first-order valence-corrected chi connectivity index (χ1v) is 8.49. The highest BCUT2D eigenvalue weighted by atomic mass is 32.1. The highest BCUT2D eigenvalue weighted by molar-refractivity contribution is 7.20. The van der Waals surface area contributed by atoms with Gasteiger partial charge in [-0.25, -0.2) is 4.79 Å². The summed E-state index contributed by atoms with van der Waals surface area (Å²) in [4.78, 5) is 34.5. The van der Waals surface area contributed by atoms with Crippen LogP contribution in [-0.2, 0) is 11.3 Å². The molecule has 1 aromatic carbocycles. The number of rotatable bonds is 7. The molecule has 0 spiro atoms. The number of nitrogens with one attached hydrogen (secondary N) is 2. The molecule has 0 radical (unpaired) electrons. The third kappa shape index (κ3) is 4.58. The van der Waals surface area contributed by atoms with Crippen LogP contribution < -0.4 is 22.1 Å². The Labute approximate surface area is 154 Å². The zero-order valence-corrected chi connectivity index (χ0v) is 15.1. The van der Waals surface area contributed by atoms with Gasteiger partial charge in [0.2, 0.25) is 0 Å². The van der Waals surface area contributed by atoms with E-state index in [0.717, 1.165) is 16.0 Å². The molecule has 0 aliphatic heterocycles. The number of carboxylic acids is 1. The number of carboxylic acid groups (broad SMARTS) is 1. The van der Waals surface area contributed by atoms with Crippen LogP contribution >= 0.6 is 11.3 Å². The Morgan fingerprint density at radius 2 is 1.88 bits per heavy atom. The molecular formula is C17H20N4O4S. The second-order valence-corrected chi connectivity index (χ2v) is 7.24. The number of hydrogen-bond acceptors (Lipinski definition) is 5. The van der Waals surface area contributed by atoms with E-state index in [4.69, 9.17) is 16.6 Å². The van der Waals surface area contributed by atoms with Crippen LogP contribution in [0.4, 0.5) is 9.80 Å². The zero-order chi connectivity index (χ0) is 19.5. The van der Waals surface area contributed by atoms with E-state index in [9.17, 15) is 14.4 Å². The van der Waals surface area contributed by atoms with Gasteiger partial charge < -0.3 is 16.6 Å². The summed E-state index contributed by atoms with van der Waals surface area (Å²) in [6.45, 7) is 3.52. The average molecular weight is 376 g/mol. The van der Waals surface area contributed by atoms with Crippen molar-refractivity contribution in [2.24, 2.45) is 11.5 Å². The fraction of sp³-hybridized carbons (Fsp3) is 0.235. The lowest BCUT2D eigenvalue weighted by Crippen LogP contribution is -2.46. The van der Waals surface area contributed by atoms with Gasteiger partial charge in [0.25, 0.3) is 5.91 Å². The third-order valence-electron chi connectivity index (χ3n) is 3.71. The lowest BCUT2D eigenvalue weighted by molar-refractivity contribution is -0.143. The van der Waals surface area contributed by atoms with Crippen LogP contribution in [0.2, 0.25) is 0 Å². The predicted molar refractivity (Wildman–Crippen MR) is 100 cm³/mol. The average Bonchev–Trinajstić information content (AvgIpc) is 2.96. The summed E-state index contributed by atoms with van der Waals surface area (Å²) in [5, 5.41) is 14.8. The molecule has 138 valence electrons. The molecule has 0 atom stereocenters. The summed E-state index contributed by atoms with van der Waals surface area (Å²) in [6.07, 6.45) is 0. The number of amides is 3. The maximum atomic E-state index is 11.6. The second-order valence-electron chi connectivity index (χ2n) is 6.19. The summed E-state index contributed by atoms with van der Waals surface area (Å²) < 4.78 is 0. The van der Waals surface area contributed by atoms with E-state index in [2.05, 4.69) is 10.6 Å². The molecule has 0 saturated carbocycles. The summed E-state index contributed by atoms with van der Waals surface area (Å²) in [6, 6.07) is 8.21. The lowest BCUT2D eigenvalue weighted by Gasteiger charge is -2.21. The Bertz CT molecular complexity index is 860. The highest BCUT2D eigenvalue weighted by Gasteiger charge is 2.26. The highest BCUT2D eigenvalue weighted by Crippen LogP contribution is 2.35. The Morgan fingerprint density at radius 1 is 1.19 bits per heavy atom. The Hall–Kier alpha value is -2.91. The maximum Gasteiger partial charge on any atom is 0.323 e. The van der Waals surface area contributed by atoms with Gasteiger partial charge in [0.15, 0.2) is 0 Å². The minimum Gasteiger partial charge on any atom is -0.480 e. The minimum absolute atomic E-state index is 0.180. The van der Waals surface area contributed by atoms with Crippen molar-refractivity contribution in [3.8, 4) is 10.4 Å². The Morgan fingerprint density at radius 3 is 2.46 bits per heavy atom. The maximum absolute atomic E-state index is 11.6. The van der Waals surface area contributed by atoms with Gasteiger partial charge in [-0.05, 0) is 37.1 Å². The molecule has 0 saturated heterocycles. The molecule has 8 nitrogen and oxygen atoms in total. The van der Waals surface area contributed by atoms with Crippen LogP contribution in [0.1, 0.15) is 29.8 Å². The van der Waals surface area contributed by atoms with Gasteiger partial charge in [-0.15, -0.1) is 11.3 Å². The molecule has 3 amide bonds. The Balaban J connectivity index is 2.28. The van der Waals surface area contributed by atoms with Crippen LogP contribution in [0.15, 0.2) is 30.3 Å². The lowest BCUT2D eigenvalue weighted by atomic mass is 10.0. The van der Waals surface area contributed by atoms with E-state index in [1.807, 2.05) is 24.3 Å². The molecule has 0 bridgehead atoms. The number of benzene rings is 1. The molecular weight excluding hydrogens is 356 g/mol. The van der Waals surface area contributed by atoms with Crippen molar-refractivity contribution in [3.05, 3.63) is 41.5 Å². The number of aliphatic carboxylic acids is 1. The van der Waals surface area contributed by atoms with Gasteiger partial charge >= 0.3 is 12.0 Å². The monoisotopic (exact) mass is 376 g/mol. The van der Waals surface area contributed by atoms with Crippen molar-refractivity contribution < 1.29 is 19.5 Å². The first-order valence-electron chi connectivity index (χ1n) is 7.68. The third-order valence-corrected chi connectivity index (χ3v) is 4.81. The molecule has 2 rings (SSSR count). The summed E-state index contributed by atoms with van der Waals surface area (Å²) >= 11 is 1.18. The fourth-order valence-electron chi connectivity index (χ4n) is 2.15. The standard InChI is InChI=1S/C17H20N4O4S/c1-17(2,15(23)24)20-8-9-4-3-5-10(6-9)12-7-11(13(18)22)14(26-12)21-16(19)25/h3-7,20H,8H2,1-2H3,(H2,18,22)(H,23,24)(H3,19,21,25). The first-order chi connectivity index (χ1) is 12.1. The van der Waals surface area contributed by atoms with E-state index in [1.165, 1.54) is 11.3 Å². The molecule has 1 heterocycles. The van der Waals surface area contributed by atoms with Crippen molar-refractivity contribution in [1.29, 1.82) is 0 Å². The summed E-state index contributed by atoms with van der Waals surface area (Å²) in [7, 11) is 0. The number of hydrogen-bond donors (Lipinski definition) is 5. The molecule has 0 aliphatic rings. The van der Waals surface area contributed by atoms with Crippen molar-refractivity contribution in [2.45, 2.75) is 25.9 Å². The summed E-state index contributed by atoms with van der Waals surface area (Å²) in [5.41, 5.74) is 11.3.